The molecule has 9 nitrogen and oxygen atoms in total. The van der Waals surface area contributed by atoms with E-state index in [1.807, 2.05) is 0 Å². The normalized spacial score (nSPS) is 17.8. The Hall–Kier alpha value is -3.66. The molecule has 0 radical (unpaired) electrons. The van der Waals surface area contributed by atoms with E-state index < -0.39 is 12.5 Å². The number of rotatable bonds is 8. The number of likely N-dealkylation sites (N-methyl/N-ethyl adjacent to an activating group) is 1. The summed E-state index contributed by atoms with van der Waals surface area (Å²) in [5.74, 6) is 0.837. The molecule has 3 N–H and O–H groups in total. The predicted molar refractivity (Wildman–Crippen MR) is 165 cm³/mol. The van der Waals surface area contributed by atoms with Crippen molar-refractivity contribution in [3.63, 3.8) is 0 Å². The van der Waals surface area contributed by atoms with Crippen molar-refractivity contribution in [3.05, 3.63) is 35.3 Å². The molecule has 220 valence electrons. The maximum Gasteiger partial charge on any atom is 0.228 e. The molecule has 2 fully saturated rings. The van der Waals surface area contributed by atoms with Crippen molar-refractivity contribution in [2.24, 2.45) is 0 Å². The number of fused-ring (bicyclic) bond motifs is 2. The number of nitrogens with zero attached hydrogens (tertiary/aromatic N) is 7. The second-order valence-electron chi connectivity index (χ2n) is 10.9. The van der Waals surface area contributed by atoms with Gasteiger partial charge in [0.25, 0.3) is 0 Å². The topological polar surface area (TPSA) is 110 Å². The van der Waals surface area contributed by atoms with Crippen LogP contribution >= 0.6 is 11.3 Å². The lowest BCUT2D eigenvalue weighted by molar-refractivity contribution is 0.182. The van der Waals surface area contributed by atoms with Crippen LogP contribution in [0.1, 0.15) is 38.3 Å². The van der Waals surface area contributed by atoms with E-state index >= 15 is 4.39 Å². The van der Waals surface area contributed by atoms with Crippen molar-refractivity contribution in [1.82, 2.24) is 25.2 Å². The summed E-state index contributed by atoms with van der Waals surface area (Å²) >= 11 is 1.01. The molecular formula is C30H35F2N9S. The highest BCUT2D eigenvalue weighted by molar-refractivity contribution is 7.23. The minimum Gasteiger partial charge on any atom is -0.389 e. The van der Waals surface area contributed by atoms with Gasteiger partial charge in [-0.25, -0.2) is 13.8 Å². The largest absolute Gasteiger partial charge is 0.389 e. The molecule has 0 amide bonds. The molecule has 1 atom stereocenters. The van der Waals surface area contributed by atoms with Crippen molar-refractivity contribution >= 4 is 49.1 Å². The molecule has 0 aliphatic carbocycles. The van der Waals surface area contributed by atoms with Crippen LogP contribution in [-0.4, -0.2) is 77.7 Å². The summed E-state index contributed by atoms with van der Waals surface area (Å²) in [4.78, 5) is 21.5. The van der Waals surface area contributed by atoms with Gasteiger partial charge in [-0.2, -0.15) is 10.2 Å². The van der Waals surface area contributed by atoms with Gasteiger partial charge in [0, 0.05) is 67.5 Å². The Morgan fingerprint density at radius 2 is 1.95 bits per heavy atom. The predicted octanol–water partition coefficient (Wildman–Crippen LogP) is 4.69. The van der Waals surface area contributed by atoms with Crippen molar-refractivity contribution in [2.75, 3.05) is 61.3 Å². The van der Waals surface area contributed by atoms with Crippen LogP contribution in [0.15, 0.2) is 18.3 Å². The number of halogens is 2. The molecule has 2 aliphatic rings. The van der Waals surface area contributed by atoms with Gasteiger partial charge in [0.15, 0.2) is 0 Å². The molecule has 0 spiro atoms. The van der Waals surface area contributed by atoms with Crippen molar-refractivity contribution < 1.29 is 8.78 Å². The lowest BCUT2D eigenvalue weighted by Gasteiger charge is -2.45. The number of hydrogen-bond donors (Lipinski definition) is 2. The molecule has 4 aromatic rings. The second kappa shape index (κ2) is 11.6. The molecular weight excluding hydrogens is 556 g/mol. The molecule has 2 saturated heterocycles. The Balaban J connectivity index is 1.54. The summed E-state index contributed by atoms with van der Waals surface area (Å²) in [7, 11) is 0. The maximum absolute atomic E-state index is 15.1. The molecule has 0 bridgehead atoms. The third-order valence-electron chi connectivity index (χ3n) is 8.65. The monoisotopic (exact) mass is 591 g/mol. The number of hydrogen-bond acceptors (Lipinski definition) is 10. The van der Waals surface area contributed by atoms with Crippen LogP contribution in [0.2, 0.25) is 0 Å². The Morgan fingerprint density at radius 3 is 2.64 bits per heavy atom. The third-order valence-corrected chi connectivity index (χ3v) is 9.68. The molecule has 0 saturated carbocycles. The van der Waals surface area contributed by atoms with Gasteiger partial charge >= 0.3 is 0 Å². The number of aromatic nitrogens is 3. The van der Waals surface area contributed by atoms with E-state index in [2.05, 4.69) is 46.9 Å². The number of nitriles is 1. The summed E-state index contributed by atoms with van der Waals surface area (Å²) in [6.45, 7) is 11.5. The average Bonchev–Trinajstić information content (AvgIpc) is 3.34. The van der Waals surface area contributed by atoms with Crippen LogP contribution in [0, 0.1) is 17.1 Å². The zero-order valence-electron chi connectivity index (χ0n) is 24.1. The molecule has 5 heterocycles. The van der Waals surface area contributed by atoms with Crippen molar-refractivity contribution in [3.8, 4) is 17.3 Å². The van der Waals surface area contributed by atoms with Crippen LogP contribution in [0.3, 0.4) is 0 Å². The SMILES string of the molecule is CCC1CN(c2nc(N3CC(N(CC)CC)C3)nc3c(CF)c(-c4ccc(F)c5sc(N)c(C#N)c45)ncc23)CCN1. The standard InChI is InChI=1S/C30H35F2N9S/c1-4-17-14-40(10-9-35-17)29-22-13-36-25(19-7-8-23(32)27-24(19)21(12-33)28(34)42-27)20(11-31)26(22)37-30(38-29)41-15-18(16-41)39(5-2)6-3/h7-8,13,17-18,35H,4-6,9-11,14-16,34H2,1-3H3. The molecule has 6 rings (SSSR count). The lowest BCUT2D eigenvalue weighted by Crippen LogP contribution is -2.60. The van der Waals surface area contributed by atoms with Gasteiger partial charge in [0.1, 0.15) is 29.4 Å². The highest BCUT2D eigenvalue weighted by atomic mass is 32.1. The molecule has 3 aromatic heterocycles. The number of pyridine rings is 1. The van der Waals surface area contributed by atoms with Gasteiger partial charge in [0.05, 0.1) is 26.9 Å². The van der Waals surface area contributed by atoms with Crippen LogP contribution in [-0.2, 0) is 6.67 Å². The second-order valence-corrected chi connectivity index (χ2v) is 11.9. The maximum atomic E-state index is 15.1. The van der Waals surface area contributed by atoms with E-state index in [1.54, 1.807) is 12.3 Å². The first-order chi connectivity index (χ1) is 20.4. The van der Waals surface area contributed by atoms with Gasteiger partial charge in [0.2, 0.25) is 5.95 Å². The molecule has 12 heteroatoms. The molecule has 2 aliphatic heterocycles. The zero-order chi connectivity index (χ0) is 29.5. The Bertz CT molecular complexity index is 1670. The quantitative estimate of drug-likeness (QED) is 0.302. The molecule has 1 unspecified atom stereocenters. The third kappa shape index (κ3) is 4.69. The number of piperazine rings is 1. The molecule has 1 aromatic carbocycles. The van der Waals surface area contributed by atoms with E-state index in [-0.39, 0.29) is 15.3 Å². The van der Waals surface area contributed by atoms with Crippen LogP contribution in [0.4, 0.5) is 25.5 Å². The average molecular weight is 592 g/mol. The Morgan fingerprint density at radius 1 is 1.17 bits per heavy atom. The van der Waals surface area contributed by atoms with Gasteiger partial charge in [-0.15, -0.1) is 11.3 Å². The number of alkyl halides is 1. The van der Waals surface area contributed by atoms with E-state index in [1.165, 1.54) is 6.07 Å². The van der Waals surface area contributed by atoms with Crippen LogP contribution in [0.5, 0.6) is 0 Å². The fourth-order valence-corrected chi connectivity index (χ4v) is 7.18. The number of thiophene rings is 1. The van der Waals surface area contributed by atoms with Crippen LogP contribution in [0.25, 0.3) is 32.2 Å². The van der Waals surface area contributed by atoms with Gasteiger partial charge in [-0.1, -0.05) is 20.8 Å². The smallest absolute Gasteiger partial charge is 0.228 e. The van der Waals surface area contributed by atoms with E-state index in [9.17, 15) is 9.65 Å². The number of anilines is 3. The summed E-state index contributed by atoms with van der Waals surface area (Å²) in [6, 6.07) is 5.70. The first-order valence-corrected chi connectivity index (χ1v) is 15.4. The zero-order valence-corrected chi connectivity index (χ0v) is 24.9. The number of nitrogens with two attached hydrogens (primary N) is 1. The van der Waals surface area contributed by atoms with E-state index in [0.29, 0.717) is 51.1 Å². The summed E-state index contributed by atoms with van der Waals surface area (Å²) in [6.07, 6.45) is 2.67. The fourth-order valence-electron chi connectivity index (χ4n) is 6.23. The molecule has 42 heavy (non-hydrogen) atoms. The summed E-state index contributed by atoms with van der Waals surface area (Å²) < 4.78 is 30.2. The Labute approximate surface area is 248 Å². The van der Waals surface area contributed by atoms with Crippen molar-refractivity contribution in [1.29, 1.82) is 5.26 Å². The van der Waals surface area contributed by atoms with Gasteiger partial charge in [-0.3, -0.25) is 9.88 Å². The highest BCUT2D eigenvalue weighted by Crippen LogP contribution is 2.43. The van der Waals surface area contributed by atoms with Gasteiger partial charge in [-0.05, 0) is 31.6 Å². The summed E-state index contributed by atoms with van der Waals surface area (Å²) in [5.41, 5.74) is 7.84. The first-order valence-electron chi connectivity index (χ1n) is 14.6. The van der Waals surface area contributed by atoms with Crippen LogP contribution < -0.4 is 20.9 Å². The number of nitrogens with one attached hydrogen (secondary N) is 1. The Kier molecular flexibility index (Phi) is 7.83. The lowest BCUT2D eigenvalue weighted by atomic mass is 9.98. The number of benzene rings is 1. The van der Waals surface area contributed by atoms with Gasteiger partial charge < -0.3 is 20.9 Å². The highest BCUT2D eigenvalue weighted by Gasteiger charge is 2.34. The first kappa shape index (κ1) is 28.5. The minimum atomic E-state index is -0.836. The van der Waals surface area contributed by atoms with E-state index in [4.69, 9.17) is 20.7 Å². The fraction of sp³-hybridized carbons (Fsp3) is 0.467. The van der Waals surface area contributed by atoms with Crippen molar-refractivity contribution in [2.45, 2.75) is 46.0 Å². The van der Waals surface area contributed by atoms with E-state index in [0.717, 1.165) is 69.4 Å². The number of nitrogen functional groups attached to an aromatic ring is 1. The summed E-state index contributed by atoms with van der Waals surface area (Å²) in [5, 5.41) is 14.6. The minimum absolute atomic E-state index is 0.176.